The standard InChI is InChI=1S/C22H28N2O2S/c1-15(2)23-21(25)13-24(5)22(26)19-8-6-7-18(12-19)14-27-20-10-9-16(3)11-17(20)4/h6-12,15H,13-14H2,1-5H3,(H,23,25). The third-order valence-electron chi connectivity index (χ3n) is 4.08. The zero-order chi connectivity index (χ0) is 20.0. The van der Waals surface area contributed by atoms with Gasteiger partial charge in [0.15, 0.2) is 0 Å². The van der Waals surface area contributed by atoms with Crippen LogP contribution in [0.15, 0.2) is 47.4 Å². The first-order valence-electron chi connectivity index (χ1n) is 9.10. The third-order valence-corrected chi connectivity index (χ3v) is 5.32. The molecule has 2 aromatic carbocycles. The summed E-state index contributed by atoms with van der Waals surface area (Å²) in [5, 5.41) is 2.80. The van der Waals surface area contributed by atoms with Gasteiger partial charge in [0.25, 0.3) is 5.91 Å². The lowest BCUT2D eigenvalue weighted by atomic mass is 10.1. The topological polar surface area (TPSA) is 49.4 Å². The van der Waals surface area contributed by atoms with Gasteiger partial charge >= 0.3 is 0 Å². The molecule has 0 saturated heterocycles. The summed E-state index contributed by atoms with van der Waals surface area (Å²) >= 11 is 1.77. The predicted octanol–water partition coefficient (Wildman–Crippen LogP) is 4.19. The Kier molecular flexibility index (Phi) is 7.48. The van der Waals surface area contributed by atoms with Gasteiger partial charge in [-0.25, -0.2) is 0 Å². The lowest BCUT2D eigenvalue weighted by Crippen LogP contribution is -2.40. The van der Waals surface area contributed by atoms with Gasteiger partial charge in [0, 0.05) is 29.3 Å². The quantitative estimate of drug-likeness (QED) is 0.728. The molecule has 0 bridgehead atoms. The molecule has 0 saturated carbocycles. The number of carbonyl (C=O) groups is 2. The van der Waals surface area contributed by atoms with Crippen molar-refractivity contribution in [3.05, 3.63) is 64.7 Å². The molecule has 2 aromatic rings. The fourth-order valence-corrected chi connectivity index (χ4v) is 3.74. The molecule has 5 heteroatoms. The number of nitrogens with zero attached hydrogens (tertiary/aromatic N) is 1. The van der Waals surface area contributed by atoms with Crippen LogP contribution >= 0.6 is 11.8 Å². The minimum atomic E-state index is -0.151. The maximum absolute atomic E-state index is 12.6. The van der Waals surface area contributed by atoms with E-state index in [-0.39, 0.29) is 24.4 Å². The van der Waals surface area contributed by atoms with E-state index in [1.54, 1.807) is 24.9 Å². The second-order valence-electron chi connectivity index (χ2n) is 7.14. The minimum absolute atomic E-state index is 0.0541. The molecular formula is C22H28N2O2S. The van der Waals surface area contributed by atoms with E-state index < -0.39 is 0 Å². The largest absolute Gasteiger partial charge is 0.352 e. The van der Waals surface area contributed by atoms with Crippen LogP contribution in [0.3, 0.4) is 0 Å². The molecule has 4 nitrogen and oxygen atoms in total. The van der Waals surface area contributed by atoms with Crippen LogP contribution in [0.1, 0.15) is 40.9 Å². The Hall–Kier alpha value is -2.27. The summed E-state index contributed by atoms with van der Waals surface area (Å²) in [6.07, 6.45) is 0. The van der Waals surface area contributed by atoms with E-state index in [9.17, 15) is 9.59 Å². The Labute approximate surface area is 166 Å². The monoisotopic (exact) mass is 384 g/mol. The molecule has 0 aromatic heterocycles. The van der Waals surface area contributed by atoms with Crippen molar-refractivity contribution in [1.29, 1.82) is 0 Å². The molecule has 0 spiro atoms. The molecule has 0 heterocycles. The Balaban J connectivity index is 2.01. The van der Waals surface area contributed by atoms with E-state index in [1.807, 2.05) is 32.0 Å². The van der Waals surface area contributed by atoms with Gasteiger partial charge in [-0.1, -0.05) is 29.8 Å². The van der Waals surface area contributed by atoms with Crippen molar-refractivity contribution in [2.75, 3.05) is 13.6 Å². The third kappa shape index (κ3) is 6.43. The Morgan fingerprint density at radius 3 is 2.52 bits per heavy atom. The second-order valence-corrected chi connectivity index (χ2v) is 8.16. The molecule has 144 valence electrons. The maximum atomic E-state index is 12.6. The van der Waals surface area contributed by atoms with Crippen LogP contribution in [0.4, 0.5) is 0 Å². The number of aryl methyl sites for hydroxylation is 2. The highest BCUT2D eigenvalue weighted by molar-refractivity contribution is 7.98. The van der Waals surface area contributed by atoms with Gasteiger partial charge in [0.2, 0.25) is 5.91 Å². The molecule has 0 radical (unpaired) electrons. The van der Waals surface area contributed by atoms with Crippen molar-refractivity contribution in [2.24, 2.45) is 0 Å². The van der Waals surface area contributed by atoms with Gasteiger partial charge in [0.1, 0.15) is 0 Å². The van der Waals surface area contributed by atoms with E-state index in [1.165, 1.54) is 20.9 Å². The first kappa shape index (κ1) is 21.0. The summed E-state index contributed by atoms with van der Waals surface area (Å²) in [7, 11) is 1.65. The summed E-state index contributed by atoms with van der Waals surface area (Å²) in [6.45, 7) is 8.06. The van der Waals surface area contributed by atoms with Crippen molar-refractivity contribution in [1.82, 2.24) is 10.2 Å². The second kappa shape index (κ2) is 9.60. The SMILES string of the molecule is Cc1ccc(SCc2cccc(C(=O)N(C)CC(=O)NC(C)C)c2)c(C)c1. The molecule has 0 aliphatic rings. The zero-order valence-electron chi connectivity index (χ0n) is 16.7. The molecule has 27 heavy (non-hydrogen) atoms. The molecule has 1 N–H and O–H groups in total. The smallest absolute Gasteiger partial charge is 0.254 e. The Bertz CT molecular complexity index is 818. The molecule has 0 aliphatic heterocycles. The number of hydrogen-bond acceptors (Lipinski definition) is 3. The van der Waals surface area contributed by atoms with Crippen LogP contribution in [-0.4, -0.2) is 36.3 Å². The number of rotatable bonds is 7. The molecular weight excluding hydrogens is 356 g/mol. The highest BCUT2D eigenvalue weighted by Crippen LogP contribution is 2.27. The molecule has 2 rings (SSSR count). The number of amides is 2. The number of thioether (sulfide) groups is 1. The summed E-state index contributed by atoms with van der Waals surface area (Å²) in [6, 6.07) is 14.1. The lowest BCUT2D eigenvalue weighted by molar-refractivity contribution is -0.122. The summed E-state index contributed by atoms with van der Waals surface area (Å²) in [5.41, 5.74) is 4.22. The van der Waals surface area contributed by atoms with Crippen molar-refractivity contribution >= 4 is 23.6 Å². The average molecular weight is 385 g/mol. The number of likely N-dealkylation sites (N-methyl/N-ethyl adjacent to an activating group) is 1. The first-order chi connectivity index (χ1) is 12.8. The van der Waals surface area contributed by atoms with Crippen LogP contribution in [0, 0.1) is 13.8 Å². The fraction of sp³-hybridized carbons (Fsp3) is 0.364. The minimum Gasteiger partial charge on any atom is -0.352 e. The van der Waals surface area contributed by atoms with Gasteiger partial charge < -0.3 is 10.2 Å². The van der Waals surface area contributed by atoms with Crippen molar-refractivity contribution < 1.29 is 9.59 Å². The molecule has 0 fully saturated rings. The van der Waals surface area contributed by atoms with Crippen LogP contribution in [-0.2, 0) is 10.5 Å². The number of nitrogens with one attached hydrogen (secondary N) is 1. The zero-order valence-corrected chi connectivity index (χ0v) is 17.5. The molecule has 2 amide bonds. The van der Waals surface area contributed by atoms with E-state index in [0.717, 1.165) is 11.3 Å². The highest BCUT2D eigenvalue weighted by Gasteiger charge is 2.15. The van der Waals surface area contributed by atoms with Crippen LogP contribution in [0.25, 0.3) is 0 Å². The van der Waals surface area contributed by atoms with Gasteiger partial charge in [-0.05, 0) is 57.0 Å². The maximum Gasteiger partial charge on any atom is 0.254 e. The number of hydrogen-bond donors (Lipinski definition) is 1. The molecule has 0 unspecified atom stereocenters. The predicted molar refractivity (Wildman–Crippen MR) is 112 cm³/mol. The summed E-state index contributed by atoms with van der Waals surface area (Å²) < 4.78 is 0. The highest BCUT2D eigenvalue weighted by atomic mass is 32.2. The fourth-order valence-electron chi connectivity index (χ4n) is 2.79. The van der Waals surface area contributed by atoms with Crippen molar-refractivity contribution in [2.45, 2.75) is 44.4 Å². The van der Waals surface area contributed by atoms with Gasteiger partial charge in [-0.2, -0.15) is 0 Å². The summed E-state index contributed by atoms with van der Waals surface area (Å²) in [5.74, 6) is 0.498. The molecule has 0 atom stereocenters. The van der Waals surface area contributed by atoms with E-state index in [2.05, 4.69) is 37.4 Å². The van der Waals surface area contributed by atoms with Gasteiger partial charge in [-0.15, -0.1) is 11.8 Å². The lowest BCUT2D eigenvalue weighted by Gasteiger charge is -2.18. The van der Waals surface area contributed by atoms with E-state index >= 15 is 0 Å². The van der Waals surface area contributed by atoms with Crippen molar-refractivity contribution in [3.8, 4) is 0 Å². The number of carbonyl (C=O) groups excluding carboxylic acids is 2. The number of benzene rings is 2. The first-order valence-corrected chi connectivity index (χ1v) is 10.1. The van der Waals surface area contributed by atoms with Gasteiger partial charge in [-0.3, -0.25) is 9.59 Å². The Morgan fingerprint density at radius 1 is 1.11 bits per heavy atom. The Morgan fingerprint density at radius 2 is 1.85 bits per heavy atom. The van der Waals surface area contributed by atoms with Crippen LogP contribution < -0.4 is 5.32 Å². The van der Waals surface area contributed by atoms with Crippen LogP contribution in [0.5, 0.6) is 0 Å². The van der Waals surface area contributed by atoms with Crippen LogP contribution in [0.2, 0.25) is 0 Å². The van der Waals surface area contributed by atoms with Gasteiger partial charge in [0.05, 0.1) is 6.54 Å². The molecule has 0 aliphatic carbocycles. The normalized spacial score (nSPS) is 10.7. The average Bonchev–Trinajstić information content (AvgIpc) is 2.59. The van der Waals surface area contributed by atoms with Crippen molar-refractivity contribution in [3.63, 3.8) is 0 Å². The van der Waals surface area contributed by atoms with E-state index in [4.69, 9.17) is 0 Å². The summed E-state index contributed by atoms with van der Waals surface area (Å²) in [4.78, 5) is 27.2. The van der Waals surface area contributed by atoms with E-state index in [0.29, 0.717) is 5.56 Å².